The van der Waals surface area contributed by atoms with Gasteiger partial charge in [-0.3, -0.25) is 4.79 Å². The summed E-state index contributed by atoms with van der Waals surface area (Å²) in [6.45, 7) is 0.632. The number of carbonyl (C=O) groups excluding carboxylic acids is 1. The van der Waals surface area contributed by atoms with E-state index in [1.165, 1.54) is 23.1 Å². The zero-order valence-electron chi connectivity index (χ0n) is 9.11. The maximum absolute atomic E-state index is 13.4. The van der Waals surface area contributed by atoms with Crippen LogP contribution in [0, 0.1) is 11.7 Å². The third-order valence-corrected chi connectivity index (χ3v) is 2.78. The molecular formula is C12H14FNO2. The van der Waals surface area contributed by atoms with Crippen molar-refractivity contribution in [1.29, 1.82) is 0 Å². The molecule has 0 radical (unpaired) electrons. The molecule has 4 heteroatoms. The van der Waals surface area contributed by atoms with Gasteiger partial charge in [-0.05, 0) is 30.9 Å². The number of phenols is 1. The van der Waals surface area contributed by atoms with Crippen molar-refractivity contribution in [3.63, 3.8) is 0 Å². The van der Waals surface area contributed by atoms with E-state index in [2.05, 4.69) is 0 Å². The highest BCUT2D eigenvalue weighted by molar-refractivity contribution is 5.96. The Hall–Kier alpha value is -1.58. The Morgan fingerprint density at radius 1 is 1.56 bits per heavy atom. The molecular weight excluding hydrogens is 209 g/mol. The second-order valence-corrected chi connectivity index (χ2v) is 4.26. The summed E-state index contributed by atoms with van der Waals surface area (Å²) >= 11 is 0. The Balaban J connectivity index is 2.18. The van der Waals surface area contributed by atoms with E-state index in [0.717, 1.165) is 12.8 Å². The van der Waals surface area contributed by atoms with Crippen LogP contribution >= 0.6 is 0 Å². The summed E-state index contributed by atoms with van der Waals surface area (Å²) in [6, 6.07) is 3.88. The largest absolute Gasteiger partial charge is 0.507 e. The number of halogens is 1. The van der Waals surface area contributed by atoms with Crippen molar-refractivity contribution in [3.05, 3.63) is 29.6 Å². The molecule has 0 aliphatic heterocycles. The molecule has 0 unspecified atom stereocenters. The van der Waals surface area contributed by atoms with Gasteiger partial charge in [0.2, 0.25) is 0 Å². The summed E-state index contributed by atoms with van der Waals surface area (Å²) in [6.07, 6.45) is 2.25. The van der Waals surface area contributed by atoms with Crippen LogP contribution in [0.5, 0.6) is 5.75 Å². The summed E-state index contributed by atoms with van der Waals surface area (Å²) in [5.74, 6) is -0.884. The number of aromatic hydroxyl groups is 1. The van der Waals surface area contributed by atoms with E-state index in [0.29, 0.717) is 12.5 Å². The van der Waals surface area contributed by atoms with Gasteiger partial charge in [-0.15, -0.1) is 0 Å². The van der Waals surface area contributed by atoms with Crippen molar-refractivity contribution < 1.29 is 14.3 Å². The summed E-state index contributed by atoms with van der Waals surface area (Å²) in [4.78, 5) is 13.3. The molecule has 1 saturated carbocycles. The number of hydrogen-bond acceptors (Lipinski definition) is 2. The van der Waals surface area contributed by atoms with Crippen molar-refractivity contribution in [2.24, 2.45) is 5.92 Å². The molecule has 3 nitrogen and oxygen atoms in total. The molecule has 1 N–H and O–H groups in total. The zero-order chi connectivity index (χ0) is 11.7. The van der Waals surface area contributed by atoms with Gasteiger partial charge < -0.3 is 10.0 Å². The highest BCUT2D eigenvalue weighted by atomic mass is 19.1. The minimum Gasteiger partial charge on any atom is -0.507 e. The van der Waals surface area contributed by atoms with E-state index in [4.69, 9.17) is 0 Å². The first-order chi connectivity index (χ1) is 7.59. The van der Waals surface area contributed by atoms with Crippen LogP contribution < -0.4 is 0 Å². The van der Waals surface area contributed by atoms with Gasteiger partial charge in [0.25, 0.3) is 5.91 Å². The molecule has 1 aliphatic carbocycles. The van der Waals surface area contributed by atoms with Crippen LogP contribution in [0.3, 0.4) is 0 Å². The van der Waals surface area contributed by atoms with E-state index in [1.54, 1.807) is 7.05 Å². The Morgan fingerprint density at radius 3 is 2.81 bits per heavy atom. The first-order valence-electron chi connectivity index (χ1n) is 5.32. The molecule has 16 heavy (non-hydrogen) atoms. The molecule has 0 bridgehead atoms. The smallest absolute Gasteiger partial charge is 0.260 e. The molecule has 1 aliphatic rings. The number of nitrogens with zero attached hydrogens (tertiary/aromatic N) is 1. The van der Waals surface area contributed by atoms with Gasteiger partial charge in [0.15, 0.2) is 0 Å². The van der Waals surface area contributed by atoms with Crippen molar-refractivity contribution in [2.45, 2.75) is 12.8 Å². The van der Waals surface area contributed by atoms with Gasteiger partial charge in [-0.1, -0.05) is 6.07 Å². The maximum atomic E-state index is 13.4. The Labute approximate surface area is 93.5 Å². The summed E-state index contributed by atoms with van der Waals surface area (Å²) in [7, 11) is 1.63. The predicted molar refractivity (Wildman–Crippen MR) is 57.7 cm³/mol. The van der Waals surface area contributed by atoms with Crippen LogP contribution in [0.4, 0.5) is 4.39 Å². The summed E-state index contributed by atoms with van der Waals surface area (Å²) < 4.78 is 13.4. The molecule has 1 aromatic rings. The van der Waals surface area contributed by atoms with Gasteiger partial charge >= 0.3 is 0 Å². The fraction of sp³-hybridized carbons (Fsp3) is 0.417. The second-order valence-electron chi connectivity index (χ2n) is 4.26. The quantitative estimate of drug-likeness (QED) is 0.851. The van der Waals surface area contributed by atoms with Crippen molar-refractivity contribution in [2.75, 3.05) is 13.6 Å². The molecule has 0 heterocycles. The van der Waals surface area contributed by atoms with Gasteiger partial charge in [0.05, 0.1) is 0 Å². The van der Waals surface area contributed by atoms with E-state index >= 15 is 0 Å². The number of carbonyl (C=O) groups is 1. The highest BCUT2D eigenvalue weighted by Gasteiger charge is 2.27. The standard InChI is InChI=1S/C12H14FNO2/c1-14(7-8-5-6-8)12(16)11-9(13)3-2-4-10(11)15/h2-4,8,15H,5-7H2,1H3. The van der Waals surface area contributed by atoms with Crippen LogP contribution in [0.2, 0.25) is 0 Å². The predicted octanol–water partition coefficient (Wildman–Crippen LogP) is 2.01. The van der Waals surface area contributed by atoms with Crippen LogP contribution in [0.25, 0.3) is 0 Å². The van der Waals surface area contributed by atoms with Crippen LogP contribution in [-0.4, -0.2) is 29.5 Å². The summed E-state index contributed by atoms with van der Waals surface area (Å²) in [5.41, 5.74) is -0.231. The molecule has 1 aromatic carbocycles. The number of benzene rings is 1. The van der Waals surface area contributed by atoms with E-state index in [-0.39, 0.29) is 11.3 Å². The number of rotatable bonds is 3. The van der Waals surface area contributed by atoms with E-state index < -0.39 is 11.7 Å². The van der Waals surface area contributed by atoms with Crippen LogP contribution in [0.15, 0.2) is 18.2 Å². The van der Waals surface area contributed by atoms with Gasteiger partial charge in [-0.25, -0.2) is 4.39 Å². The Kier molecular flexibility index (Phi) is 2.81. The van der Waals surface area contributed by atoms with Gasteiger partial charge in [0, 0.05) is 13.6 Å². The number of phenolic OH excluding ortho intramolecular Hbond substituents is 1. The average molecular weight is 223 g/mol. The van der Waals surface area contributed by atoms with Crippen molar-refractivity contribution in [3.8, 4) is 5.75 Å². The monoisotopic (exact) mass is 223 g/mol. The SMILES string of the molecule is CN(CC1CC1)C(=O)c1c(O)cccc1F. The normalized spacial score (nSPS) is 14.9. The fourth-order valence-electron chi connectivity index (χ4n) is 1.69. The topological polar surface area (TPSA) is 40.5 Å². The highest BCUT2D eigenvalue weighted by Crippen LogP contribution is 2.30. The van der Waals surface area contributed by atoms with Crippen LogP contribution in [-0.2, 0) is 0 Å². The van der Waals surface area contributed by atoms with Crippen molar-refractivity contribution in [1.82, 2.24) is 4.90 Å². The zero-order valence-corrected chi connectivity index (χ0v) is 9.11. The molecule has 0 saturated heterocycles. The summed E-state index contributed by atoms with van der Waals surface area (Å²) in [5, 5.41) is 9.47. The molecule has 2 rings (SSSR count). The van der Waals surface area contributed by atoms with E-state index in [9.17, 15) is 14.3 Å². The lowest BCUT2D eigenvalue weighted by Crippen LogP contribution is -2.29. The lowest BCUT2D eigenvalue weighted by molar-refractivity contribution is 0.0781. The number of amides is 1. The lowest BCUT2D eigenvalue weighted by atomic mass is 10.1. The molecule has 0 aromatic heterocycles. The van der Waals surface area contributed by atoms with Gasteiger partial charge in [-0.2, -0.15) is 0 Å². The van der Waals surface area contributed by atoms with E-state index in [1.807, 2.05) is 0 Å². The second kappa shape index (κ2) is 4.12. The Bertz CT molecular complexity index is 395. The number of hydrogen-bond donors (Lipinski definition) is 1. The Morgan fingerprint density at radius 2 is 2.25 bits per heavy atom. The first-order valence-corrected chi connectivity index (χ1v) is 5.32. The maximum Gasteiger partial charge on any atom is 0.260 e. The minimum absolute atomic E-state index is 0.231. The molecule has 1 amide bonds. The third kappa shape index (κ3) is 2.15. The minimum atomic E-state index is -0.673. The third-order valence-electron chi connectivity index (χ3n) is 2.78. The average Bonchev–Trinajstić information content (AvgIpc) is 3.01. The molecule has 0 spiro atoms. The van der Waals surface area contributed by atoms with Gasteiger partial charge in [0.1, 0.15) is 17.1 Å². The van der Waals surface area contributed by atoms with Crippen molar-refractivity contribution >= 4 is 5.91 Å². The lowest BCUT2D eigenvalue weighted by Gasteiger charge is -2.17. The molecule has 1 fully saturated rings. The first kappa shape index (κ1) is 10.9. The molecule has 0 atom stereocenters. The fourth-order valence-corrected chi connectivity index (χ4v) is 1.69. The molecule has 86 valence electrons. The van der Waals surface area contributed by atoms with Crippen LogP contribution in [0.1, 0.15) is 23.2 Å².